The lowest BCUT2D eigenvalue weighted by Crippen LogP contribution is -3.13. The van der Waals surface area contributed by atoms with Gasteiger partial charge in [0.25, 0.3) is 0 Å². The predicted octanol–water partition coefficient (Wildman–Crippen LogP) is 3.00. The van der Waals surface area contributed by atoms with Gasteiger partial charge in [0, 0.05) is 23.5 Å². The topological polar surface area (TPSA) is 52.0 Å². The molecule has 0 radical (unpaired) electrons. The summed E-state index contributed by atoms with van der Waals surface area (Å²) in [6.07, 6.45) is 3.93. The third-order valence-corrected chi connectivity index (χ3v) is 6.81. The normalized spacial score (nSPS) is 21.2. The minimum atomic E-state index is 0.0886. The van der Waals surface area contributed by atoms with Crippen molar-refractivity contribution in [1.29, 1.82) is 0 Å². The van der Waals surface area contributed by atoms with Crippen molar-refractivity contribution >= 4 is 5.91 Å². The lowest BCUT2D eigenvalue weighted by atomic mass is 9.86. The Hall–Kier alpha value is -2.53. The minimum absolute atomic E-state index is 0.0886. The van der Waals surface area contributed by atoms with Crippen LogP contribution in [-0.2, 0) is 17.8 Å². The maximum absolute atomic E-state index is 12.7. The summed E-state index contributed by atoms with van der Waals surface area (Å²) in [6, 6.07) is 13.4. The van der Waals surface area contributed by atoms with Crippen LogP contribution in [0.2, 0.25) is 0 Å². The van der Waals surface area contributed by atoms with Crippen molar-refractivity contribution < 1.29 is 19.2 Å². The summed E-state index contributed by atoms with van der Waals surface area (Å²) >= 11 is 0. The number of fused-ring (bicyclic) bond motifs is 1. The molecule has 4 rings (SSSR count). The van der Waals surface area contributed by atoms with E-state index >= 15 is 0 Å². The Morgan fingerprint density at radius 1 is 1.13 bits per heavy atom. The molecule has 166 valence electrons. The summed E-state index contributed by atoms with van der Waals surface area (Å²) in [5, 5.41) is 3.40. The van der Waals surface area contributed by atoms with Gasteiger partial charge in [0.15, 0.2) is 11.5 Å². The van der Waals surface area contributed by atoms with Gasteiger partial charge in [-0.05, 0) is 43.9 Å². The zero-order valence-corrected chi connectivity index (χ0v) is 19.2. The Morgan fingerprint density at radius 2 is 1.81 bits per heavy atom. The van der Waals surface area contributed by atoms with Crippen molar-refractivity contribution in [2.24, 2.45) is 5.92 Å². The van der Waals surface area contributed by atoms with E-state index < -0.39 is 0 Å². The van der Waals surface area contributed by atoms with E-state index in [2.05, 4.69) is 55.6 Å². The largest absolute Gasteiger partial charge is 0.493 e. The van der Waals surface area contributed by atoms with Crippen molar-refractivity contribution in [3.05, 3.63) is 58.7 Å². The molecule has 1 saturated carbocycles. The molecule has 3 atom stereocenters. The van der Waals surface area contributed by atoms with Crippen LogP contribution in [0.3, 0.4) is 0 Å². The van der Waals surface area contributed by atoms with Gasteiger partial charge in [-0.3, -0.25) is 4.79 Å². The molecule has 1 aliphatic carbocycles. The summed E-state index contributed by atoms with van der Waals surface area (Å²) in [4.78, 5) is 14.2. The number of ether oxygens (including phenoxy) is 2. The third kappa shape index (κ3) is 4.72. The standard InChI is InChI=1S/C26H34N2O3/c1-5-22(27-26(29)19-10-11-19)25-21-15-24(31-4)23(30-3)14-20(21)12-13-28(25)16-18-8-6-17(2)7-9-18/h6-9,14-15,19,22,25H,5,10-13,16H2,1-4H3,(H,27,29)/p+1/t22-,25-/m0/s1. The molecule has 2 aliphatic rings. The number of aryl methyl sites for hydroxylation is 1. The van der Waals surface area contributed by atoms with Crippen molar-refractivity contribution in [2.45, 2.75) is 58.2 Å². The van der Waals surface area contributed by atoms with E-state index in [0.717, 1.165) is 50.3 Å². The molecule has 0 bridgehead atoms. The number of hydrogen-bond acceptors (Lipinski definition) is 3. The number of rotatable bonds is 8. The average Bonchev–Trinajstić information content (AvgIpc) is 3.63. The summed E-state index contributed by atoms with van der Waals surface area (Å²) in [5.74, 6) is 1.96. The number of carbonyl (C=O) groups is 1. The predicted molar refractivity (Wildman–Crippen MR) is 122 cm³/mol. The van der Waals surface area contributed by atoms with Gasteiger partial charge >= 0.3 is 0 Å². The van der Waals surface area contributed by atoms with E-state index in [1.165, 1.54) is 27.2 Å². The molecule has 2 aromatic carbocycles. The van der Waals surface area contributed by atoms with E-state index in [4.69, 9.17) is 9.47 Å². The molecule has 2 N–H and O–H groups in total. The van der Waals surface area contributed by atoms with E-state index in [1.807, 2.05) is 0 Å². The summed E-state index contributed by atoms with van der Waals surface area (Å²) in [7, 11) is 3.37. The van der Waals surface area contributed by atoms with Crippen LogP contribution in [0.25, 0.3) is 0 Å². The van der Waals surface area contributed by atoms with Gasteiger partial charge in [-0.15, -0.1) is 0 Å². The maximum Gasteiger partial charge on any atom is 0.223 e. The second kappa shape index (κ2) is 9.31. The fourth-order valence-electron chi connectivity index (χ4n) is 4.85. The van der Waals surface area contributed by atoms with Gasteiger partial charge in [0.1, 0.15) is 12.6 Å². The Morgan fingerprint density at radius 3 is 2.42 bits per heavy atom. The van der Waals surface area contributed by atoms with Gasteiger partial charge in [-0.1, -0.05) is 36.8 Å². The monoisotopic (exact) mass is 423 g/mol. The van der Waals surface area contributed by atoms with Crippen LogP contribution in [0.5, 0.6) is 11.5 Å². The Balaban J connectivity index is 1.70. The van der Waals surface area contributed by atoms with Crippen LogP contribution < -0.4 is 19.7 Å². The molecule has 5 heteroatoms. The molecule has 0 spiro atoms. The zero-order chi connectivity index (χ0) is 22.0. The number of carbonyl (C=O) groups excluding carboxylic acids is 1. The second-order valence-electron chi connectivity index (χ2n) is 9.00. The summed E-state index contributed by atoms with van der Waals surface area (Å²) in [6.45, 7) is 6.26. The number of methoxy groups -OCH3 is 2. The van der Waals surface area contributed by atoms with Crippen LogP contribution >= 0.6 is 0 Å². The first-order valence-electron chi connectivity index (χ1n) is 11.5. The summed E-state index contributed by atoms with van der Waals surface area (Å²) in [5.41, 5.74) is 5.18. The van der Waals surface area contributed by atoms with Crippen LogP contribution in [-0.4, -0.2) is 32.7 Å². The van der Waals surface area contributed by atoms with Gasteiger partial charge in [0.05, 0.1) is 26.8 Å². The molecule has 1 aliphatic heterocycles. The molecule has 31 heavy (non-hydrogen) atoms. The highest BCUT2D eigenvalue weighted by atomic mass is 16.5. The van der Waals surface area contributed by atoms with Crippen molar-refractivity contribution in [2.75, 3.05) is 20.8 Å². The van der Waals surface area contributed by atoms with E-state index in [1.54, 1.807) is 14.2 Å². The molecule has 0 saturated heterocycles. The van der Waals surface area contributed by atoms with E-state index in [-0.39, 0.29) is 23.9 Å². The van der Waals surface area contributed by atoms with Crippen molar-refractivity contribution in [3.63, 3.8) is 0 Å². The number of benzene rings is 2. The minimum Gasteiger partial charge on any atom is -0.493 e. The Kier molecular flexibility index (Phi) is 6.51. The highest BCUT2D eigenvalue weighted by Crippen LogP contribution is 2.36. The van der Waals surface area contributed by atoms with Gasteiger partial charge in [-0.2, -0.15) is 0 Å². The Bertz CT molecular complexity index is 921. The van der Waals surface area contributed by atoms with Crippen LogP contribution in [0, 0.1) is 12.8 Å². The van der Waals surface area contributed by atoms with Crippen molar-refractivity contribution in [3.8, 4) is 11.5 Å². The molecule has 0 aromatic heterocycles. The molecular weight excluding hydrogens is 388 g/mol. The highest BCUT2D eigenvalue weighted by molar-refractivity contribution is 5.81. The van der Waals surface area contributed by atoms with Crippen LogP contribution in [0.1, 0.15) is 54.5 Å². The smallest absolute Gasteiger partial charge is 0.223 e. The lowest BCUT2D eigenvalue weighted by molar-refractivity contribution is -0.948. The first-order chi connectivity index (χ1) is 15.0. The first kappa shape index (κ1) is 21.7. The fraction of sp³-hybridized carbons (Fsp3) is 0.500. The first-order valence-corrected chi connectivity index (χ1v) is 11.5. The number of quaternary nitrogens is 1. The maximum atomic E-state index is 12.7. The fourth-order valence-corrected chi connectivity index (χ4v) is 4.85. The number of nitrogens with one attached hydrogen (secondary N) is 2. The molecule has 1 amide bonds. The van der Waals surface area contributed by atoms with Gasteiger partial charge in [-0.25, -0.2) is 0 Å². The average molecular weight is 424 g/mol. The third-order valence-electron chi connectivity index (χ3n) is 6.81. The molecule has 5 nitrogen and oxygen atoms in total. The lowest BCUT2D eigenvalue weighted by Gasteiger charge is -2.39. The quantitative estimate of drug-likeness (QED) is 0.686. The molecule has 1 unspecified atom stereocenters. The second-order valence-corrected chi connectivity index (χ2v) is 9.00. The SMILES string of the molecule is CC[C@H](NC(=O)C1CC1)[C@@H]1c2cc(OC)c(OC)cc2CC[NH+]1Cc1ccc(C)cc1. The zero-order valence-electron chi connectivity index (χ0n) is 19.2. The van der Waals surface area contributed by atoms with Crippen molar-refractivity contribution in [1.82, 2.24) is 5.32 Å². The molecule has 2 aromatic rings. The van der Waals surface area contributed by atoms with Gasteiger partial charge in [0.2, 0.25) is 5.91 Å². The van der Waals surface area contributed by atoms with Crippen LogP contribution in [0.4, 0.5) is 0 Å². The number of hydrogen-bond donors (Lipinski definition) is 2. The Labute approximate surface area is 185 Å². The molecular formula is C26H35N2O3+. The number of amides is 1. The van der Waals surface area contributed by atoms with E-state index in [9.17, 15) is 4.79 Å². The van der Waals surface area contributed by atoms with E-state index in [0.29, 0.717) is 0 Å². The molecule has 1 fully saturated rings. The summed E-state index contributed by atoms with van der Waals surface area (Å²) < 4.78 is 11.2. The van der Waals surface area contributed by atoms with Crippen LogP contribution in [0.15, 0.2) is 36.4 Å². The van der Waals surface area contributed by atoms with Gasteiger partial charge < -0.3 is 19.7 Å². The highest BCUT2D eigenvalue weighted by Gasteiger charge is 2.40. The molecule has 1 heterocycles.